The summed E-state index contributed by atoms with van der Waals surface area (Å²) in [5, 5.41) is 9.07. The molecule has 20 heavy (non-hydrogen) atoms. The second-order valence-corrected chi connectivity index (χ2v) is 4.93. The number of ether oxygens (including phenoxy) is 1. The van der Waals surface area contributed by atoms with E-state index in [0.29, 0.717) is 25.8 Å². The van der Waals surface area contributed by atoms with E-state index >= 15 is 0 Å². The first-order valence-electron chi connectivity index (χ1n) is 6.77. The van der Waals surface area contributed by atoms with Crippen molar-refractivity contribution in [2.24, 2.45) is 0 Å². The average molecular weight is 277 g/mol. The van der Waals surface area contributed by atoms with Gasteiger partial charge in [0.25, 0.3) is 0 Å². The minimum atomic E-state index is -0.903. The highest BCUT2D eigenvalue weighted by molar-refractivity contribution is 5.84. The predicted molar refractivity (Wildman–Crippen MR) is 73.7 cm³/mol. The highest BCUT2D eigenvalue weighted by Gasteiger charge is 2.33. The number of rotatable bonds is 5. The van der Waals surface area contributed by atoms with Gasteiger partial charge in [-0.1, -0.05) is 12.1 Å². The molecule has 0 aromatic heterocycles. The first kappa shape index (κ1) is 14.4. The third-order valence-electron chi connectivity index (χ3n) is 3.64. The molecule has 0 bridgehead atoms. The maximum atomic E-state index is 12.1. The fourth-order valence-corrected chi connectivity index (χ4v) is 2.51. The molecule has 1 aliphatic heterocycles. The lowest BCUT2D eigenvalue weighted by Gasteiger charge is -2.21. The van der Waals surface area contributed by atoms with Crippen molar-refractivity contribution >= 4 is 11.9 Å². The lowest BCUT2D eigenvalue weighted by molar-refractivity contribution is -0.148. The molecular weight excluding hydrogens is 258 g/mol. The summed E-state index contributed by atoms with van der Waals surface area (Å²) in [5.74, 6) is -0.198. The van der Waals surface area contributed by atoms with E-state index in [1.165, 1.54) is 4.90 Å². The van der Waals surface area contributed by atoms with Crippen LogP contribution in [0.5, 0.6) is 5.75 Å². The van der Waals surface area contributed by atoms with Gasteiger partial charge in [0.2, 0.25) is 5.91 Å². The molecule has 108 valence electrons. The van der Waals surface area contributed by atoms with Gasteiger partial charge in [0.1, 0.15) is 11.8 Å². The molecule has 1 saturated heterocycles. The van der Waals surface area contributed by atoms with Crippen LogP contribution < -0.4 is 4.74 Å². The molecule has 2 rings (SSSR count). The lowest BCUT2D eigenvalue weighted by Crippen LogP contribution is -2.40. The second-order valence-electron chi connectivity index (χ2n) is 4.93. The van der Waals surface area contributed by atoms with E-state index in [0.717, 1.165) is 17.7 Å². The van der Waals surface area contributed by atoms with Gasteiger partial charge < -0.3 is 14.7 Å². The van der Waals surface area contributed by atoms with Crippen molar-refractivity contribution in [3.05, 3.63) is 29.8 Å². The maximum Gasteiger partial charge on any atom is 0.326 e. The van der Waals surface area contributed by atoms with Gasteiger partial charge in [-0.3, -0.25) is 4.79 Å². The zero-order valence-corrected chi connectivity index (χ0v) is 11.5. The fourth-order valence-electron chi connectivity index (χ4n) is 2.51. The zero-order chi connectivity index (χ0) is 14.5. The van der Waals surface area contributed by atoms with Crippen LogP contribution in [0.4, 0.5) is 0 Å². The van der Waals surface area contributed by atoms with E-state index in [2.05, 4.69) is 0 Å². The van der Waals surface area contributed by atoms with Gasteiger partial charge in [-0.15, -0.1) is 0 Å². The molecule has 0 spiro atoms. The van der Waals surface area contributed by atoms with Crippen LogP contribution in [0.15, 0.2) is 24.3 Å². The Bertz CT molecular complexity index is 483. The summed E-state index contributed by atoms with van der Waals surface area (Å²) in [6, 6.07) is 6.92. The summed E-state index contributed by atoms with van der Waals surface area (Å²) >= 11 is 0. The van der Waals surface area contributed by atoms with Crippen molar-refractivity contribution in [2.45, 2.75) is 31.7 Å². The van der Waals surface area contributed by atoms with Crippen LogP contribution in [0.2, 0.25) is 0 Å². The lowest BCUT2D eigenvalue weighted by atomic mass is 10.1. The van der Waals surface area contributed by atoms with Crippen molar-refractivity contribution in [3.63, 3.8) is 0 Å². The number of likely N-dealkylation sites (tertiary alicyclic amines) is 1. The first-order valence-corrected chi connectivity index (χ1v) is 6.77. The first-order chi connectivity index (χ1) is 9.61. The van der Waals surface area contributed by atoms with Crippen molar-refractivity contribution < 1.29 is 19.4 Å². The summed E-state index contributed by atoms with van der Waals surface area (Å²) in [6.07, 6.45) is 2.29. The van der Waals surface area contributed by atoms with Crippen molar-refractivity contribution in [3.8, 4) is 5.75 Å². The number of hydrogen-bond acceptors (Lipinski definition) is 3. The molecule has 5 heteroatoms. The number of carbonyl (C=O) groups is 2. The molecule has 1 aromatic rings. The topological polar surface area (TPSA) is 66.8 Å². The maximum absolute atomic E-state index is 12.1. The van der Waals surface area contributed by atoms with Crippen LogP contribution in [0, 0.1) is 0 Å². The molecule has 5 nitrogen and oxygen atoms in total. The number of benzene rings is 1. The van der Waals surface area contributed by atoms with Gasteiger partial charge in [-0.05, 0) is 37.0 Å². The molecular formula is C15H19NO4. The van der Waals surface area contributed by atoms with E-state index in [1.54, 1.807) is 7.11 Å². The molecule has 1 aliphatic rings. The highest BCUT2D eigenvalue weighted by Crippen LogP contribution is 2.19. The van der Waals surface area contributed by atoms with Crippen LogP contribution >= 0.6 is 0 Å². The Hall–Kier alpha value is -2.04. The number of carboxylic acid groups (broad SMARTS) is 1. The van der Waals surface area contributed by atoms with Crippen molar-refractivity contribution in [1.29, 1.82) is 0 Å². The Balaban J connectivity index is 1.89. The number of nitrogens with zero attached hydrogens (tertiary/aromatic N) is 1. The number of hydrogen-bond donors (Lipinski definition) is 1. The molecule has 1 fully saturated rings. The summed E-state index contributed by atoms with van der Waals surface area (Å²) in [4.78, 5) is 24.6. The molecule has 1 heterocycles. The Morgan fingerprint density at radius 1 is 1.35 bits per heavy atom. The normalized spacial score (nSPS) is 18.1. The largest absolute Gasteiger partial charge is 0.497 e. The molecule has 0 aliphatic carbocycles. The van der Waals surface area contributed by atoms with Gasteiger partial charge in [0.15, 0.2) is 0 Å². The minimum Gasteiger partial charge on any atom is -0.497 e. The monoisotopic (exact) mass is 277 g/mol. The van der Waals surface area contributed by atoms with Crippen LogP contribution in [0.3, 0.4) is 0 Å². The van der Waals surface area contributed by atoms with Crippen LogP contribution in [-0.2, 0) is 16.0 Å². The highest BCUT2D eigenvalue weighted by atomic mass is 16.5. The van der Waals surface area contributed by atoms with Crippen LogP contribution in [0.25, 0.3) is 0 Å². The van der Waals surface area contributed by atoms with E-state index in [-0.39, 0.29) is 5.91 Å². The Labute approximate surface area is 118 Å². The summed E-state index contributed by atoms with van der Waals surface area (Å²) in [5.41, 5.74) is 1.05. The Morgan fingerprint density at radius 3 is 2.65 bits per heavy atom. The van der Waals surface area contributed by atoms with E-state index in [1.807, 2.05) is 24.3 Å². The van der Waals surface area contributed by atoms with Crippen LogP contribution in [0.1, 0.15) is 24.8 Å². The molecule has 1 atom stereocenters. The fraction of sp³-hybridized carbons (Fsp3) is 0.467. The third kappa shape index (κ3) is 3.29. The average Bonchev–Trinajstić information content (AvgIpc) is 2.95. The quantitative estimate of drug-likeness (QED) is 0.889. The molecule has 1 amide bonds. The molecule has 1 unspecified atom stereocenters. The number of carbonyl (C=O) groups excluding carboxylic acids is 1. The third-order valence-corrected chi connectivity index (χ3v) is 3.64. The SMILES string of the molecule is COc1ccc(CCC(=O)N2CCCC2C(=O)O)cc1. The van der Waals surface area contributed by atoms with Crippen LogP contribution in [-0.4, -0.2) is 41.6 Å². The second kappa shape index (κ2) is 6.41. The van der Waals surface area contributed by atoms with Gasteiger partial charge in [0.05, 0.1) is 7.11 Å². The van der Waals surface area contributed by atoms with E-state index < -0.39 is 12.0 Å². The Kier molecular flexibility index (Phi) is 4.61. The molecule has 1 aromatic carbocycles. The van der Waals surface area contributed by atoms with Crippen molar-refractivity contribution in [2.75, 3.05) is 13.7 Å². The van der Waals surface area contributed by atoms with Gasteiger partial charge in [0, 0.05) is 13.0 Å². The van der Waals surface area contributed by atoms with E-state index in [9.17, 15) is 9.59 Å². The minimum absolute atomic E-state index is 0.0780. The van der Waals surface area contributed by atoms with Gasteiger partial charge >= 0.3 is 5.97 Å². The summed E-state index contributed by atoms with van der Waals surface area (Å²) in [6.45, 7) is 0.554. The zero-order valence-electron chi connectivity index (χ0n) is 11.5. The number of carboxylic acids is 1. The predicted octanol–water partition coefficient (Wildman–Crippen LogP) is 1.70. The van der Waals surface area contributed by atoms with Gasteiger partial charge in [-0.25, -0.2) is 4.79 Å². The number of aliphatic carboxylic acids is 1. The van der Waals surface area contributed by atoms with Crippen molar-refractivity contribution in [1.82, 2.24) is 4.90 Å². The molecule has 0 radical (unpaired) electrons. The standard InChI is InChI=1S/C15H19NO4/c1-20-12-7-4-11(5-8-12)6-9-14(17)16-10-2-3-13(16)15(18)19/h4-5,7-8,13H,2-3,6,9-10H2,1H3,(H,18,19). The number of amides is 1. The summed E-state index contributed by atoms with van der Waals surface area (Å²) in [7, 11) is 1.61. The summed E-state index contributed by atoms with van der Waals surface area (Å²) < 4.78 is 5.08. The van der Waals surface area contributed by atoms with Gasteiger partial charge in [-0.2, -0.15) is 0 Å². The molecule has 0 saturated carbocycles. The number of aryl methyl sites for hydroxylation is 1. The smallest absolute Gasteiger partial charge is 0.326 e. The van der Waals surface area contributed by atoms with E-state index in [4.69, 9.17) is 9.84 Å². The Morgan fingerprint density at radius 2 is 2.05 bits per heavy atom. The number of methoxy groups -OCH3 is 1. The molecule has 1 N–H and O–H groups in total.